The molecule has 7 heteroatoms. The first kappa shape index (κ1) is 21.3. The molecule has 0 radical (unpaired) electrons. The molecular weight excluding hydrogens is 338 g/mol. The molecule has 0 fully saturated rings. The minimum atomic E-state index is -3.14. The minimum Gasteiger partial charge on any atom is -0.496 e. The van der Waals surface area contributed by atoms with Gasteiger partial charge in [0.25, 0.3) is 0 Å². The molecule has 0 aromatic heterocycles. The zero-order chi connectivity index (χ0) is 19.1. The normalized spacial score (nSPS) is 12.8. The summed E-state index contributed by atoms with van der Waals surface area (Å²) in [5.41, 5.74) is 2.31. The van der Waals surface area contributed by atoms with Gasteiger partial charge in [0.05, 0.1) is 17.6 Å². The summed E-state index contributed by atoms with van der Waals surface area (Å²) in [6, 6.07) is 6.09. The highest BCUT2D eigenvalue weighted by atomic mass is 32.2. The molecule has 0 aliphatic heterocycles. The van der Waals surface area contributed by atoms with Crippen LogP contribution in [0.15, 0.2) is 23.2 Å². The first-order valence-electron chi connectivity index (χ1n) is 8.41. The summed E-state index contributed by atoms with van der Waals surface area (Å²) >= 11 is 0. The summed E-state index contributed by atoms with van der Waals surface area (Å²) in [4.78, 5) is 4.13. The third kappa shape index (κ3) is 6.57. The zero-order valence-corrected chi connectivity index (χ0v) is 17.0. The highest BCUT2D eigenvalue weighted by molar-refractivity contribution is 7.92. The standard InChI is InChI=1S/C18H31N3O3S/c1-14-7-8-16(24-6)15(13-14)9-10-20-17(19-5)21-11-12-25(22,23)18(2,3)4/h7-8,13H,9-12H2,1-6H3,(H2,19,20,21). The molecule has 0 aliphatic rings. The lowest BCUT2D eigenvalue weighted by molar-refractivity contribution is 0.409. The monoisotopic (exact) mass is 369 g/mol. The van der Waals surface area contributed by atoms with Crippen molar-refractivity contribution < 1.29 is 13.2 Å². The van der Waals surface area contributed by atoms with Crippen LogP contribution in [0.2, 0.25) is 0 Å². The summed E-state index contributed by atoms with van der Waals surface area (Å²) in [7, 11) is 0.191. The lowest BCUT2D eigenvalue weighted by Gasteiger charge is -2.20. The van der Waals surface area contributed by atoms with E-state index >= 15 is 0 Å². The predicted molar refractivity (Wildman–Crippen MR) is 104 cm³/mol. The molecule has 142 valence electrons. The largest absolute Gasteiger partial charge is 0.496 e. The molecule has 2 N–H and O–H groups in total. The van der Waals surface area contributed by atoms with Crippen molar-refractivity contribution >= 4 is 15.8 Å². The second kappa shape index (κ2) is 9.08. The smallest absolute Gasteiger partial charge is 0.191 e. The molecule has 0 atom stereocenters. The van der Waals surface area contributed by atoms with Gasteiger partial charge in [0.2, 0.25) is 0 Å². The van der Waals surface area contributed by atoms with E-state index in [4.69, 9.17) is 4.74 Å². The Morgan fingerprint density at radius 1 is 1.20 bits per heavy atom. The van der Waals surface area contributed by atoms with Crippen molar-refractivity contribution in [2.75, 3.05) is 33.0 Å². The molecule has 0 amide bonds. The van der Waals surface area contributed by atoms with E-state index in [2.05, 4.69) is 21.7 Å². The van der Waals surface area contributed by atoms with Gasteiger partial charge in [-0.1, -0.05) is 17.7 Å². The number of methoxy groups -OCH3 is 1. The number of hydrogen-bond acceptors (Lipinski definition) is 4. The van der Waals surface area contributed by atoms with E-state index in [1.54, 1.807) is 34.9 Å². The van der Waals surface area contributed by atoms with E-state index in [1.165, 1.54) is 5.56 Å². The van der Waals surface area contributed by atoms with E-state index in [0.29, 0.717) is 19.0 Å². The molecule has 1 rings (SSSR count). The van der Waals surface area contributed by atoms with Crippen LogP contribution in [0.25, 0.3) is 0 Å². The van der Waals surface area contributed by atoms with Gasteiger partial charge >= 0.3 is 0 Å². The Morgan fingerprint density at radius 3 is 2.40 bits per heavy atom. The SMILES string of the molecule is CN=C(NCCc1cc(C)ccc1OC)NCCS(=O)(=O)C(C)(C)C. The molecule has 0 spiro atoms. The lowest BCUT2D eigenvalue weighted by Crippen LogP contribution is -2.42. The molecule has 0 aliphatic carbocycles. The van der Waals surface area contributed by atoms with Gasteiger partial charge < -0.3 is 15.4 Å². The first-order chi connectivity index (χ1) is 11.6. The van der Waals surface area contributed by atoms with E-state index in [1.807, 2.05) is 19.1 Å². The van der Waals surface area contributed by atoms with E-state index in [0.717, 1.165) is 17.7 Å². The van der Waals surface area contributed by atoms with Crippen molar-refractivity contribution in [1.82, 2.24) is 10.6 Å². The van der Waals surface area contributed by atoms with Crippen molar-refractivity contribution in [3.05, 3.63) is 29.3 Å². The van der Waals surface area contributed by atoms with Gasteiger partial charge in [-0.05, 0) is 45.7 Å². The Bertz CT molecular complexity index is 692. The van der Waals surface area contributed by atoms with E-state index in [-0.39, 0.29) is 5.75 Å². The van der Waals surface area contributed by atoms with Gasteiger partial charge in [0.1, 0.15) is 5.75 Å². The van der Waals surface area contributed by atoms with Crippen molar-refractivity contribution in [3.8, 4) is 5.75 Å². The van der Waals surface area contributed by atoms with E-state index < -0.39 is 14.6 Å². The molecular formula is C18H31N3O3S. The van der Waals surface area contributed by atoms with E-state index in [9.17, 15) is 8.42 Å². The van der Waals surface area contributed by atoms with Crippen LogP contribution in [0.5, 0.6) is 5.75 Å². The molecule has 0 saturated heterocycles. The molecule has 6 nitrogen and oxygen atoms in total. The second-order valence-corrected chi connectivity index (χ2v) is 9.78. The third-order valence-electron chi connectivity index (χ3n) is 3.94. The number of nitrogens with zero attached hydrogens (tertiary/aromatic N) is 1. The Kier molecular flexibility index (Phi) is 7.73. The number of guanidine groups is 1. The average Bonchev–Trinajstić information content (AvgIpc) is 2.52. The first-order valence-corrected chi connectivity index (χ1v) is 10.1. The number of ether oxygens (including phenoxy) is 1. The van der Waals surface area contributed by atoms with Crippen LogP contribution >= 0.6 is 0 Å². The maximum absolute atomic E-state index is 12.1. The minimum absolute atomic E-state index is 0.0723. The van der Waals surface area contributed by atoms with Gasteiger partial charge in [0, 0.05) is 20.1 Å². The van der Waals surface area contributed by atoms with Gasteiger partial charge in [-0.15, -0.1) is 0 Å². The number of sulfone groups is 1. The van der Waals surface area contributed by atoms with Gasteiger partial charge in [-0.3, -0.25) is 4.99 Å². The maximum atomic E-state index is 12.1. The van der Waals surface area contributed by atoms with Crippen molar-refractivity contribution in [2.24, 2.45) is 4.99 Å². The number of aryl methyl sites for hydroxylation is 1. The van der Waals surface area contributed by atoms with Gasteiger partial charge in [-0.25, -0.2) is 8.42 Å². The fraction of sp³-hybridized carbons (Fsp3) is 0.611. The van der Waals surface area contributed by atoms with Crippen LogP contribution < -0.4 is 15.4 Å². The summed E-state index contributed by atoms with van der Waals surface area (Å²) in [6.07, 6.45) is 0.784. The Balaban J connectivity index is 2.50. The summed E-state index contributed by atoms with van der Waals surface area (Å²) in [5, 5.41) is 6.25. The van der Waals surface area contributed by atoms with Gasteiger partial charge in [0.15, 0.2) is 15.8 Å². The zero-order valence-electron chi connectivity index (χ0n) is 16.1. The highest BCUT2D eigenvalue weighted by Gasteiger charge is 2.28. The maximum Gasteiger partial charge on any atom is 0.191 e. The molecule has 0 saturated carbocycles. The number of nitrogens with one attached hydrogen (secondary N) is 2. The number of hydrogen-bond donors (Lipinski definition) is 2. The molecule has 0 unspecified atom stereocenters. The van der Waals surface area contributed by atoms with Crippen LogP contribution in [-0.4, -0.2) is 52.1 Å². The Labute approximate surface area is 152 Å². The Hall–Kier alpha value is -1.76. The average molecular weight is 370 g/mol. The van der Waals surface area contributed by atoms with Crippen LogP contribution in [0, 0.1) is 6.92 Å². The summed E-state index contributed by atoms with van der Waals surface area (Å²) in [5.74, 6) is 1.53. The fourth-order valence-electron chi connectivity index (χ4n) is 2.25. The van der Waals surface area contributed by atoms with Crippen molar-refractivity contribution in [1.29, 1.82) is 0 Å². The summed E-state index contributed by atoms with van der Waals surface area (Å²) < 4.78 is 28.9. The molecule has 0 heterocycles. The molecule has 0 bridgehead atoms. The van der Waals surface area contributed by atoms with Crippen LogP contribution in [-0.2, 0) is 16.3 Å². The van der Waals surface area contributed by atoms with Crippen LogP contribution in [0.4, 0.5) is 0 Å². The Morgan fingerprint density at radius 2 is 1.84 bits per heavy atom. The molecule has 1 aromatic rings. The van der Waals surface area contributed by atoms with Crippen LogP contribution in [0.1, 0.15) is 31.9 Å². The lowest BCUT2D eigenvalue weighted by atomic mass is 10.1. The fourth-order valence-corrected chi connectivity index (χ4v) is 3.23. The topological polar surface area (TPSA) is 79.8 Å². The van der Waals surface area contributed by atoms with Crippen LogP contribution in [0.3, 0.4) is 0 Å². The number of aliphatic imine (C=N–C) groups is 1. The number of rotatable bonds is 7. The number of benzene rings is 1. The summed E-state index contributed by atoms with van der Waals surface area (Å²) in [6.45, 7) is 8.19. The highest BCUT2D eigenvalue weighted by Crippen LogP contribution is 2.19. The third-order valence-corrected chi connectivity index (χ3v) is 6.55. The molecule has 1 aromatic carbocycles. The molecule has 25 heavy (non-hydrogen) atoms. The van der Waals surface area contributed by atoms with Crippen molar-refractivity contribution in [3.63, 3.8) is 0 Å². The second-order valence-electron chi connectivity index (χ2n) is 6.92. The van der Waals surface area contributed by atoms with Gasteiger partial charge in [-0.2, -0.15) is 0 Å². The predicted octanol–water partition coefficient (Wildman–Crippen LogP) is 1.92. The quantitative estimate of drug-likeness (QED) is 0.567. The van der Waals surface area contributed by atoms with Crippen molar-refractivity contribution in [2.45, 2.75) is 38.9 Å².